The minimum Gasteiger partial charge on any atom is -0.465 e. The molecule has 1 amide bonds. The fraction of sp³-hybridized carbons (Fsp3) is 0.400. The van der Waals surface area contributed by atoms with Crippen LogP contribution in [0.3, 0.4) is 0 Å². The van der Waals surface area contributed by atoms with Crippen molar-refractivity contribution in [3.63, 3.8) is 0 Å². The van der Waals surface area contributed by atoms with Gasteiger partial charge in [0.15, 0.2) is 11.9 Å². The first-order valence-corrected chi connectivity index (χ1v) is 7.10. The molecule has 0 radical (unpaired) electrons. The average molecular weight is 303 g/mol. The van der Waals surface area contributed by atoms with Crippen LogP contribution in [0.5, 0.6) is 5.88 Å². The smallest absolute Gasteiger partial charge is 0.263 e. The van der Waals surface area contributed by atoms with E-state index in [0.29, 0.717) is 24.7 Å². The van der Waals surface area contributed by atoms with Crippen LogP contribution in [-0.4, -0.2) is 45.2 Å². The summed E-state index contributed by atoms with van der Waals surface area (Å²) >= 11 is 0. The summed E-state index contributed by atoms with van der Waals surface area (Å²) in [5, 5.41) is 12.9. The van der Waals surface area contributed by atoms with Crippen molar-refractivity contribution < 1.29 is 19.2 Å². The zero-order valence-electron chi connectivity index (χ0n) is 12.2. The van der Waals surface area contributed by atoms with Gasteiger partial charge in [0.05, 0.1) is 5.69 Å². The fourth-order valence-electron chi connectivity index (χ4n) is 2.35. The van der Waals surface area contributed by atoms with Crippen molar-refractivity contribution in [1.82, 2.24) is 15.0 Å². The first-order chi connectivity index (χ1) is 10.7. The third-order valence-corrected chi connectivity index (χ3v) is 3.63. The minimum absolute atomic E-state index is 0.0761. The second kappa shape index (κ2) is 6.15. The zero-order valence-corrected chi connectivity index (χ0v) is 12.2. The number of hydrogen-bond donors (Lipinski definition) is 1. The summed E-state index contributed by atoms with van der Waals surface area (Å²) in [6.07, 6.45) is 1.04. The molecule has 0 saturated carbocycles. The predicted molar refractivity (Wildman–Crippen MR) is 76.1 cm³/mol. The predicted octanol–water partition coefficient (Wildman–Crippen LogP) is 0.955. The van der Waals surface area contributed by atoms with Gasteiger partial charge >= 0.3 is 0 Å². The minimum atomic E-state index is -0.582. The number of likely N-dealkylation sites (tertiary alicyclic amines) is 1. The molecule has 0 bridgehead atoms. The van der Waals surface area contributed by atoms with Gasteiger partial charge in [0.2, 0.25) is 5.88 Å². The Kier molecular flexibility index (Phi) is 4.06. The molecule has 1 aliphatic rings. The lowest BCUT2D eigenvalue weighted by atomic mass is 9.95. The first-order valence-electron chi connectivity index (χ1n) is 7.10. The Hall–Kier alpha value is -2.41. The Morgan fingerprint density at radius 1 is 1.55 bits per heavy atom. The summed E-state index contributed by atoms with van der Waals surface area (Å²) < 4.78 is 10.5. The fourth-order valence-corrected chi connectivity index (χ4v) is 2.35. The van der Waals surface area contributed by atoms with E-state index in [2.05, 4.69) is 10.1 Å². The van der Waals surface area contributed by atoms with Crippen molar-refractivity contribution >= 4 is 5.91 Å². The van der Waals surface area contributed by atoms with Crippen molar-refractivity contribution in [2.45, 2.75) is 25.6 Å². The molecular weight excluding hydrogens is 286 g/mol. The summed E-state index contributed by atoms with van der Waals surface area (Å²) in [6.45, 7) is 2.69. The molecule has 1 saturated heterocycles. The number of aliphatic hydroxyl groups excluding tert-OH is 1. The summed E-state index contributed by atoms with van der Waals surface area (Å²) in [7, 11) is 0. The Morgan fingerprint density at radius 2 is 2.36 bits per heavy atom. The number of rotatable bonds is 5. The maximum Gasteiger partial charge on any atom is 0.263 e. The van der Waals surface area contributed by atoms with E-state index in [4.69, 9.17) is 14.4 Å². The highest BCUT2D eigenvalue weighted by Gasteiger charge is 2.36. The van der Waals surface area contributed by atoms with E-state index in [-0.39, 0.29) is 18.4 Å². The van der Waals surface area contributed by atoms with E-state index < -0.39 is 6.10 Å². The third kappa shape index (κ3) is 2.94. The molecule has 2 aromatic heterocycles. The molecule has 1 fully saturated rings. The highest BCUT2D eigenvalue weighted by atomic mass is 16.5. The number of aliphatic hydroxyl groups is 1. The van der Waals surface area contributed by atoms with Crippen molar-refractivity contribution in [3.05, 3.63) is 41.9 Å². The zero-order chi connectivity index (χ0) is 15.5. The van der Waals surface area contributed by atoms with Crippen LogP contribution in [0, 0.1) is 0 Å². The van der Waals surface area contributed by atoms with Crippen LogP contribution >= 0.6 is 0 Å². The van der Waals surface area contributed by atoms with Crippen LogP contribution < -0.4 is 4.74 Å². The molecule has 2 aromatic rings. The van der Waals surface area contributed by atoms with Crippen molar-refractivity contribution in [2.75, 3.05) is 13.1 Å². The van der Waals surface area contributed by atoms with Crippen LogP contribution in [-0.2, 0) is 11.4 Å². The second-order valence-electron chi connectivity index (χ2n) is 5.24. The molecule has 0 aliphatic carbocycles. The topological polar surface area (TPSA) is 88.7 Å². The lowest BCUT2D eigenvalue weighted by Gasteiger charge is -2.39. The maximum absolute atomic E-state index is 12.3. The van der Waals surface area contributed by atoms with Crippen LogP contribution in [0.1, 0.15) is 24.3 Å². The van der Waals surface area contributed by atoms with Crippen LogP contribution in [0.2, 0.25) is 0 Å². The third-order valence-electron chi connectivity index (χ3n) is 3.63. The molecule has 3 rings (SSSR count). The Labute approximate surface area is 127 Å². The normalized spacial score (nSPS) is 16.2. The number of carbonyl (C=O) groups excluding carboxylic acids is 1. The molecule has 1 aliphatic heterocycles. The monoisotopic (exact) mass is 303 g/mol. The summed E-state index contributed by atoms with van der Waals surface area (Å²) in [5.41, 5.74) is 0.770. The quantitative estimate of drug-likeness (QED) is 0.885. The van der Waals surface area contributed by atoms with Gasteiger partial charge in [0.1, 0.15) is 6.61 Å². The Bertz CT molecular complexity index is 637. The van der Waals surface area contributed by atoms with Crippen LogP contribution in [0.4, 0.5) is 0 Å². The molecule has 7 heteroatoms. The number of hydrogen-bond acceptors (Lipinski definition) is 6. The molecule has 1 unspecified atom stereocenters. The van der Waals surface area contributed by atoms with Crippen molar-refractivity contribution in [2.24, 2.45) is 0 Å². The largest absolute Gasteiger partial charge is 0.465 e. The number of pyridine rings is 1. The summed E-state index contributed by atoms with van der Waals surface area (Å²) in [4.78, 5) is 18.0. The number of ether oxygens (including phenoxy) is 1. The average Bonchev–Trinajstić information content (AvgIpc) is 2.95. The SMILES string of the molecule is CC(Oc1ccccn1)C(=O)N1CC(c2cc(CO)on2)C1. The van der Waals surface area contributed by atoms with Crippen molar-refractivity contribution in [1.29, 1.82) is 0 Å². The second-order valence-corrected chi connectivity index (χ2v) is 5.24. The van der Waals surface area contributed by atoms with Gasteiger partial charge in [0, 0.05) is 37.3 Å². The van der Waals surface area contributed by atoms with Gasteiger partial charge < -0.3 is 19.3 Å². The van der Waals surface area contributed by atoms with Gasteiger partial charge in [-0.25, -0.2) is 4.98 Å². The number of nitrogens with zero attached hydrogens (tertiary/aromatic N) is 3. The Morgan fingerprint density at radius 3 is 3.00 bits per heavy atom. The van der Waals surface area contributed by atoms with Gasteiger partial charge in [-0.1, -0.05) is 11.2 Å². The molecule has 3 heterocycles. The van der Waals surface area contributed by atoms with Gasteiger partial charge in [-0.05, 0) is 13.0 Å². The Balaban J connectivity index is 1.52. The molecular formula is C15H17N3O4. The number of aromatic nitrogens is 2. The van der Waals surface area contributed by atoms with Gasteiger partial charge in [-0.3, -0.25) is 4.79 Å². The van der Waals surface area contributed by atoms with Crippen LogP contribution in [0.15, 0.2) is 35.0 Å². The summed E-state index contributed by atoms with van der Waals surface area (Å²) in [6, 6.07) is 7.04. The van der Waals surface area contributed by atoms with Gasteiger partial charge in [0.25, 0.3) is 5.91 Å². The number of carbonyl (C=O) groups is 1. The highest BCUT2D eigenvalue weighted by Crippen LogP contribution is 2.27. The maximum atomic E-state index is 12.3. The van der Waals surface area contributed by atoms with E-state index in [1.165, 1.54) is 0 Å². The van der Waals surface area contributed by atoms with Crippen molar-refractivity contribution in [3.8, 4) is 5.88 Å². The molecule has 22 heavy (non-hydrogen) atoms. The lowest BCUT2D eigenvalue weighted by molar-refractivity contribution is -0.142. The number of amides is 1. The molecule has 0 aromatic carbocycles. The van der Waals surface area contributed by atoms with Gasteiger partial charge in [-0.2, -0.15) is 0 Å². The van der Waals surface area contributed by atoms with Crippen LogP contribution in [0.25, 0.3) is 0 Å². The molecule has 1 atom stereocenters. The molecule has 1 N–H and O–H groups in total. The molecule has 0 spiro atoms. The first kappa shape index (κ1) is 14.5. The van der Waals surface area contributed by atoms with E-state index in [1.807, 2.05) is 6.07 Å². The van der Waals surface area contributed by atoms with E-state index in [9.17, 15) is 4.79 Å². The molecule has 7 nitrogen and oxygen atoms in total. The highest BCUT2D eigenvalue weighted by molar-refractivity contribution is 5.81. The molecule has 116 valence electrons. The van der Waals surface area contributed by atoms with Gasteiger partial charge in [-0.15, -0.1) is 0 Å². The van der Waals surface area contributed by atoms with E-state index in [1.54, 1.807) is 36.2 Å². The lowest BCUT2D eigenvalue weighted by Crippen LogP contribution is -2.52. The standard InChI is InChI=1S/C15H17N3O4/c1-10(21-14-4-2-3-5-16-14)15(20)18-7-11(8-18)13-6-12(9-19)22-17-13/h2-6,10-11,19H,7-9H2,1H3. The van der Waals surface area contributed by atoms with E-state index >= 15 is 0 Å². The summed E-state index contributed by atoms with van der Waals surface area (Å²) in [5.74, 6) is 0.943. The van der Waals surface area contributed by atoms with E-state index in [0.717, 1.165) is 5.69 Å².